The van der Waals surface area contributed by atoms with Gasteiger partial charge in [-0.05, 0) is 47.6 Å². The van der Waals surface area contributed by atoms with Crippen LogP contribution >= 0.6 is 0 Å². The van der Waals surface area contributed by atoms with Crippen molar-refractivity contribution in [1.82, 2.24) is 9.97 Å². The molecule has 112 valence electrons. The zero-order valence-electron chi connectivity index (χ0n) is 13.0. The Balaban J connectivity index is 1.76. The van der Waals surface area contributed by atoms with Gasteiger partial charge in [0.05, 0.1) is 17.2 Å². The first-order valence-electron chi connectivity index (χ1n) is 7.68. The van der Waals surface area contributed by atoms with Gasteiger partial charge >= 0.3 is 0 Å². The number of fused-ring (bicyclic) bond motifs is 1. The molecule has 1 aromatic heterocycles. The lowest BCUT2D eigenvalue weighted by Crippen LogP contribution is -2.06. The van der Waals surface area contributed by atoms with Crippen molar-refractivity contribution in [2.24, 2.45) is 0 Å². The van der Waals surface area contributed by atoms with Crippen LogP contribution < -0.4 is 5.56 Å². The molecule has 1 N–H and O–H groups in total. The van der Waals surface area contributed by atoms with E-state index in [1.807, 2.05) is 12.1 Å². The van der Waals surface area contributed by atoms with Crippen molar-refractivity contribution in [3.63, 3.8) is 0 Å². The lowest BCUT2D eigenvalue weighted by Gasteiger charge is -2.07. The van der Waals surface area contributed by atoms with Gasteiger partial charge in [0.15, 0.2) is 0 Å². The number of aromatic amines is 1. The summed E-state index contributed by atoms with van der Waals surface area (Å²) >= 11 is 0. The van der Waals surface area contributed by atoms with Gasteiger partial charge in [0.25, 0.3) is 5.56 Å². The van der Waals surface area contributed by atoms with Gasteiger partial charge in [0.1, 0.15) is 0 Å². The van der Waals surface area contributed by atoms with Crippen molar-refractivity contribution in [1.29, 1.82) is 0 Å². The van der Waals surface area contributed by atoms with E-state index >= 15 is 0 Å². The van der Waals surface area contributed by atoms with Crippen LogP contribution in [0.4, 0.5) is 0 Å². The highest BCUT2D eigenvalue weighted by Crippen LogP contribution is 2.16. The highest BCUT2D eigenvalue weighted by Gasteiger charge is 2.03. The highest BCUT2D eigenvalue weighted by molar-refractivity contribution is 5.77. The number of H-pyrrole nitrogens is 1. The zero-order chi connectivity index (χ0) is 15.5. The lowest BCUT2D eigenvalue weighted by molar-refractivity contribution is 0.863. The number of hydrogen-bond acceptors (Lipinski definition) is 2. The Hall–Kier alpha value is -2.42. The van der Waals surface area contributed by atoms with Crippen LogP contribution in [0, 0.1) is 0 Å². The van der Waals surface area contributed by atoms with Crippen molar-refractivity contribution in [2.45, 2.75) is 32.6 Å². The molecule has 0 radical (unpaired) electrons. The van der Waals surface area contributed by atoms with E-state index in [4.69, 9.17) is 0 Å². The van der Waals surface area contributed by atoms with E-state index in [1.54, 1.807) is 0 Å². The average Bonchev–Trinajstić information content (AvgIpc) is 2.54. The zero-order valence-corrected chi connectivity index (χ0v) is 13.0. The number of aryl methyl sites for hydroxylation is 2. The van der Waals surface area contributed by atoms with Gasteiger partial charge in [-0.15, -0.1) is 0 Å². The van der Waals surface area contributed by atoms with Crippen LogP contribution in [0.3, 0.4) is 0 Å². The molecule has 3 heteroatoms. The van der Waals surface area contributed by atoms with Gasteiger partial charge in [-0.3, -0.25) is 4.79 Å². The second-order valence-corrected chi connectivity index (χ2v) is 5.98. The predicted molar refractivity (Wildman–Crippen MR) is 90.3 cm³/mol. The second-order valence-electron chi connectivity index (χ2n) is 5.98. The first-order valence-corrected chi connectivity index (χ1v) is 7.68. The molecule has 0 saturated carbocycles. The molecule has 0 unspecified atom stereocenters. The third-order valence-corrected chi connectivity index (χ3v) is 4.05. The predicted octanol–water partition coefficient (Wildman–Crippen LogP) is 3.83. The molecular weight excluding hydrogens is 272 g/mol. The summed E-state index contributed by atoms with van der Waals surface area (Å²) in [6.45, 7) is 4.41. The van der Waals surface area contributed by atoms with E-state index in [0.717, 1.165) is 18.4 Å². The fourth-order valence-electron chi connectivity index (χ4n) is 2.63. The molecule has 22 heavy (non-hydrogen) atoms. The lowest BCUT2D eigenvalue weighted by atomic mass is 9.98. The van der Waals surface area contributed by atoms with E-state index < -0.39 is 0 Å². The summed E-state index contributed by atoms with van der Waals surface area (Å²) in [5.41, 5.74) is 4.53. The highest BCUT2D eigenvalue weighted by atomic mass is 16.1. The number of aromatic nitrogens is 2. The Morgan fingerprint density at radius 1 is 1.00 bits per heavy atom. The maximum absolute atomic E-state index is 11.8. The van der Waals surface area contributed by atoms with Gasteiger partial charge in [-0.2, -0.15) is 0 Å². The van der Waals surface area contributed by atoms with E-state index in [0.29, 0.717) is 11.3 Å². The molecule has 3 nitrogen and oxygen atoms in total. The van der Waals surface area contributed by atoms with Crippen LogP contribution in [0.15, 0.2) is 53.6 Å². The quantitative estimate of drug-likeness (QED) is 0.794. The molecule has 0 aliphatic rings. The Morgan fingerprint density at radius 3 is 2.41 bits per heavy atom. The molecule has 0 fully saturated rings. The van der Waals surface area contributed by atoms with E-state index in [2.05, 4.69) is 54.1 Å². The van der Waals surface area contributed by atoms with Gasteiger partial charge < -0.3 is 4.98 Å². The Labute approximate surface area is 130 Å². The molecule has 1 heterocycles. The first-order chi connectivity index (χ1) is 10.6. The molecular formula is C19H20N2O. The van der Waals surface area contributed by atoms with Gasteiger partial charge in [-0.1, -0.05) is 44.2 Å². The minimum atomic E-state index is -0.0758. The number of nitrogens with one attached hydrogen (secondary N) is 1. The summed E-state index contributed by atoms with van der Waals surface area (Å²) in [6, 6.07) is 14.7. The summed E-state index contributed by atoms with van der Waals surface area (Å²) in [5, 5.41) is 0.662. The maximum Gasteiger partial charge on any atom is 0.258 e. The molecule has 0 amide bonds. The third kappa shape index (κ3) is 3.08. The SMILES string of the molecule is CC(C)c1ccc(CCc2ccc3nc[nH]c(=O)c3c2)cc1. The van der Waals surface area contributed by atoms with Crippen LogP contribution in [0.1, 0.15) is 36.5 Å². The molecule has 3 aromatic rings. The molecule has 0 atom stereocenters. The van der Waals surface area contributed by atoms with Gasteiger partial charge in [0, 0.05) is 0 Å². The molecule has 0 spiro atoms. The summed E-state index contributed by atoms with van der Waals surface area (Å²) < 4.78 is 0. The van der Waals surface area contributed by atoms with Crippen LogP contribution in [-0.4, -0.2) is 9.97 Å². The number of benzene rings is 2. The van der Waals surface area contributed by atoms with Crippen molar-refractivity contribution < 1.29 is 0 Å². The number of rotatable bonds is 4. The van der Waals surface area contributed by atoms with Crippen LogP contribution in [-0.2, 0) is 12.8 Å². The van der Waals surface area contributed by atoms with Crippen molar-refractivity contribution in [3.8, 4) is 0 Å². The first kappa shape index (κ1) is 14.5. The average molecular weight is 292 g/mol. The Bertz CT molecular complexity index is 832. The fraction of sp³-hybridized carbons (Fsp3) is 0.263. The summed E-state index contributed by atoms with van der Waals surface area (Å²) in [7, 11) is 0. The molecule has 0 aliphatic heterocycles. The van der Waals surface area contributed by atoms with Gasteiger partial charge in [0.2, 0.25) is 0 Å². The van der Waals surface area contributed by atoms with Crippen LogP contribution in [0.25, 0.3) is 10.9 Å². The monoisotopic (exact) mass is 292 g/mol. The summed E-state index contributed by atoms with van der Waals surface area (Å²) in [5.74, 6) is 0.564. The van der Waals surface area contributed by atoms with Crippen molar-refractivity contribution >= 4 is 10.9 Å². The molecule has 0 aliphatic carbocycles. The third-order valence-electron chi connectivity index (χ3n) is 4.05. The topological polar surface area (TPSA) is 45.8 Å². The van der Waals surface area contributed by atoms with E-state index in [1.165, 1.54) is 23.0 Å². The van der Waals surface area contributed by atoms with Crippen molar-refractivity contribution in [2.75, 3.05) is 0 Å². The minimum absolute atomic E-state index is 0.0758. The van der Waals surface area contributed by atoms with E-state index in [9.17, 15) is 4.79 Å². The molecule has 0 saturated heterocycles. The maximum atomic E-state index is 11.8. The van der Waals surface area contributed by atoms with E-state index in [-0.39, 0.29) is 5.56 Å². The normalized spacial score (nSPS) is 11.2. The number of hydrogen-bond donors (Lipinski definition) is 1. The fourth-order valence-corrected chi connectivity index (χ4v) is 2.63. The van der Waals surface area contributed by atoms with Crippen LogP contribution in [0.5, 0.6) is 0 Å². The van der Waals surface area contributed by atoms with Gasteiger partial charge in [-0.25, -0.2) is 4.98 Å². The second kappa shape index (κ2) is 6.14. The molecule has 3 rings (SSSR count). The smallest absolute Gasteiger partial charge is 0.258 e. The largest absolute Gasteiger partial charge is 0.313 e. The van der Waals surface area contributed by atoms with Crippen molar-refractivity contribution in [3.05, 3.63) is 75.8 Å². The minimum Gasteiger partial charge on any atom is -0.313 e. The molecule has 2 aromatic carbocycles. The number of nitrogens with zero attached hydrogens (tertiary/aromatic N) is 1. The molecule has 0 bridgehead atoms. The standard InChI is InChI=1S/C19H20N2O/c1-13(2)16-8-5-14(6-9-16)3-4-15-7-10-18-17(11-15)19(22)21-12-20-18/h5-13H,3-4H2,1-2H3,(H,20,21,22). The van der Waals surface area contributed by atoms with Crippen LogP contribution in [0.2, 0.25) is 0 Å². The Kier molecular flexibility index (Phi) is 4.05. The summed E-state index contributed by atoms with van der Waals surface area (Å²) in [6.07, 6.45) is 3.34. The summed E-state index contributed by atoms with van der Waals surface area (Å²) in [4.78, 5) is 18.6. The Morgan fingerprint density at radius 2 is 1.68 bits per heavy atom.